The maximum absolute atomic E-state index is 12.2. The number of aromatic nitrogens is 1. The van der Waals surface area contributed by atoms with Crippen LogP contribution >= 0.6 is 11.3 Å². The van der Waals surface area contributed by atoms with Crippen LogP contribution in [-0.2, 0) is 4.79 Å². The van der Waals surface area contributed by atoms with Gasteiger partial charge in [-0.25, -0.2) is 0 Å². The van der Waals surface area contributed by atoms with Gasteiger partial charge in [0.2, 0.25) is 5.91 Å². The minimum atomic E-state index is -0.145. The molecule has 0 bridgehead atoms. The second kappa shape index (κ2) is 6.27. The maximum atomic E-state index is 12.2. The van der Waals surface area contributed by atoms with E-state index < -0.39 is 0 Å². The van der Waals surface area contributed by atoms with E-state index in [-0.39, 0.29) is 23.8 Å². The van der Waals surface area contributed by atoms with Crippen LogP contribution in [0.25, 0.3) is 0 Å². The molecular weight excluding hydrogens is 298 g/mol. The molecule has 0 saturated heterocycles. The van der Waals surface area contributed by atoms with Crippen LogP contribution in [0.3, 0.4) is 0 Å². The molecule has 0 aliphatic heterocycles. The second-order valence-corrected chi connectivity index (χ2v) is 6.49. The van der Waals surface area contributed by atoms with Gasteiger partial charge in [0, 0.05) is 18.3 Å². The first-order valence-electron chi connectivity index (χ1n) is 7.25. The van der Waals surface area contributed by atoms with Crippen LogP contribution in [0, 0.1) is 5.92 Å². The molecule has 2 aromatic rings. The molecule has 1 fully saturated rings. The summed E-state index contributed by atoms with van der Waals surface area (Å²) in [7, 11) is 0. The zero-order chi connectivity index (χ0) is 15.5. The highest BCUT2D eigenvalue weighted by atomic mass is 32.1. The van der Waals surface area contributed by atoms with Crippen molar-refractivity contribution in [1.82, 2.24) is 10.3 Å². The van der Waals surface area contributed by atoms with E-state index >= 15 is 0 Å². The average molecular weight is 315 g/mol. The Bertz CT molecular complexity index is 680. The number of rotatable bonds is 5. The number of nitrogens with one attached hydrogen (secondary N) is 2. The van der Waals surface area contributed by atoms with E-state index in [1.807, 2.05) is 19.1 Å². The lowest BCUT2D eigenvalue weighted by Crippen LogP contribution is -2.25. The van der Waals surface area contributed by atoms with Crippen molar-refractivity contribution in [2.24, 2.45) is 5.92 Å². The molecule has 1 aliphatic carbocycles. The van der Waals surface area contributed by atoms with Gasteiger partial charge in [-0.3, -0.25) is 14.6 Å². The van der Waals surface area contributed by atoms with Gasteiger partial charge in [-0.05, 0) is 43.5 Å². The Kier molecular flexibility index (Phi) is 4.20. The van der Waals surface area contributed by atoms with Gasteiger partial charge in [-0.15, -0.1) is 11.3 Å². The summed E-state index contributed by atoms with van der Waals surface area (Å²) in [6, 6.07) is 7.16. The summed E-state index contributed by atoms with van der Waals surface area (Å²) in [5, 5.41) is 6.51. The van der Waals surface area contributed by atoms with Gasteiger partial charge >= 0.3 is 0 Å². The first kappa shape index (κ1) is 14.7. The minimum Gasteiger partial charge on any atom is -0.345 e. The van der Waals surface area contributed by atoms with E-state index in [1.54, 1.807) is 24.5 Å². The number of carbonyl (C=O) groups excluding carboxylic acids is 2. The lowest BCUT2D eigenvalue weighted by molar-refractivity contribution is -0.117. The number of hydrogen-bond donors (Lipinski definition) is 2. The highest BCUT2D eigenvalue weighted by Gasteiger charge is 2.29. The van der Waals surface area contributed by atoms with Crippen molar-refractivity contribution in [2.75, 3.05) is 5.32 Å². The smallest absolute Gasteiger partial charge is 0.261 e. The molecule has 2 N–H and O–H groups in total. The number of anilines is 1. The highest BCUT2D eigenvalue weighted by molar-refractivity contribution is 7.18. The van der Waals surface area contributed by atoms with Crippen LogP contribution in [0.4, 0.5) is 5.00 Å². The quantitative estimate of drug-likeness (QED) is 0.891. The molecule has 2 aromatic heterocycles. The van der Waals surface area contributed by atoms with Crippen molar-refractivity contribution in [1.29, 1.82) is 0 Å². The highest BCUT2D eigenvalue weighted by Crippen LogP contribution is 2.31. The van der Waals surface area contributed by atoms with Crippen molar-refractivity contribution in [3.63, 3.8) is 0 Å². The van der Waals surface area contributed by atoms with Crippen LogP contribution in [0.2, 0.25) is 0 Å². The zero-order valence-electron chi connectivity index (χ0n) is 12.2. The van der Waals surface area contributed by atoms with Crippen LogP contribution in [0.5, 0.6) is 0 Å². The Morgan fingerprint density at radius 1 is 1.32 bits per heavy atom. The summed E-state index contributed by atoms with van der Waals surface area (Å²) in [5.74, 6) is 0.0655. The molecule has 0 aromatic carbocycles. The van der Waals surface area contributed by atoms with Gasteiger partial charge in [0.05, 0.1) is 15.9 Å². The summed E-state index contributed by atoms with van der Waals surface area (Å²) in [6.07, 6.45) is 5.37. The molecule has 5 nitrogen and oxygen atoms in total. The van der Waals surface area contributed by atoms with Gasteiger partial charge in [0.25, 0.3) is 5.91 Å². The van der Waals surface area contributed by atoms with E-state index in [2.05, 4.69) is 15.6 Å². The minimum absolute atomic E-state index is 0.0533. The molecule has 1 saturated carbocycles. The summed E-state index contributed by atoms with van der Waals surface area (Å²) >= 11 is 1.29. The molecule has 1 aliphatic rings. The average Bonchev–Trinajstić information content (AvgIpc) is 3.28. The Hall–Kier alpha value is -2.21. The monoisotopic (exact) mass is 315 g/mol. The number of amides is 2. The van der Waals surface area contributed by atoms with Gasteiger partial charge in [0.15, 0.2) is 0 Å². The zero-order valence-corrected chi connectivity index (χ0v) is 13.0. The van der Waals surface area contributed by atoms with Gasteiger partial charge < -0.3 is 10.6 Å². The predicted molar refractivity (Wildman–Crippen MR) is 85.8 cm³/mol. The van der Waals surface area contributed by atoms with Gasteiger partial charge in [0.1, 0.15) is 0 Å². The molecule has 6 heteroatoms. The van der Waals surface area contributed by atoms with Crippen molar-refractivity contribution >= 4 is 28.2 Å². The third-order valence-electron chi connectivity index (χ3n) is 3.56. The molecule has 2 amide bonds. The molecule has 3 rings (SSSR count). The van der Waals surface area contributed by atoms with Crippen molar-refractivity contribution in [3.8, 4) is 0 Å². The topological polar surface area (TPSA) is 71.1 Å². The number of hydrogen-bond acceptors (Lipinski definition) is 4. The first-order valence-corrected chi connectivity index (χ1v) is 8.06. The SMILES string of the molecule is CC(NC(=O)c1ccc(NC(=O)C2CC2)s1)c1cccnc1. The van der Waals surface area contributed by atoms with Gasteiger partial charge in [-0.2, -0.15) is 0 Å². The van der Waals surface area contributed by atoms with E-state index in [9.17, 15) is 9.59 Å². The largest absolute Gasteiger partial charge is 0.345 e. The normalized spacial score (nSPS) is 15.1. The van der Waals surface area contributed by atoms with E-state index in [4.69, 9.17) is 0 Å². The number of carbonyl (C=O) groups is 2. The molecular formula is C16H17N3O2S. The third-order valence-corrected chi connectivity index (χ3v) is 4.56. The standard InChI is InChI=1S/C16H17N3O2S/c1-10(12-3-2-8-17-9-12)18-16(21)13-6-7-14(22-13)19-15(20)11-4-5-11/h2-3,6-11H,4-5H2,1H3,(H,18,21)(H,19,20). The molecule has 1 unspecified atom stereocenters. The van der Waals surface area contributed by atoms with Crippen molar-refractivity contribution < 1.29 is 9.59 Å². The third kappa shape index (κ3) is 3.51. The van der Waals surface area contributed by atoms with Crippen LogP contribution in [0.15, 0.2) is 36.7 Å². The fourth-order valence-electron chi connectivity index (χ4n) is 2.08. The fraction of sp³-hybridized carbons (Fsp3) is 0.312. The molecule has 1 atom stereocenters. The number of thiophene rings is 1. The van der Waals surface area contributed by atoms with Crippen LogP contribution in [0.1, 0.15) is 41.0 Å². The van der Waals surface area contributed by atoms with Gasteiger partial charge in [-0.1, -0.05) is 6.07 Å². The van der Waals surface area contributed by atoms with Crippen molar-refractivity contribution in [3.05, 3.63) is 47.1 Å². The lowest BCUT2D eigenvalue weighted by Gasteiger charge is -2.12. The molecule has 0 spiro atoms. The molecule has 114 valence electrons. The maximum Gasteiger partial charge on any atom is 0.261 e. The Morgan fingerprint density at radius 3 is 2.82 bits per heavy atom. The van der Waals surface area contributed by atoms with Crippen LogP contribution in [-0.4, -0.2) is 16.8 Å². The Balaban J connectivity index is 1.60. The summed E-state index contributed by atoms with van der Waals surface area (Å²) in [4.78, 5) is 28.6. The Labute approximate surface area is 132 Å². The Morgan fingerprint density at radius 2 is 2.14 bits per heavy atom. The summed E-state index contributed by atoms with van der Waals surface area (Å²) in [5.41, 5.74) is 0.953. The fourth-order valence-corrected chi connectivity index (χ4v) is 2.89. The molecule has 22 heavy (non-hydrogen) atoms. The predicted octanol–water partition coefficient (Wildman–Crippen LogP) is 2.98. The summed E-state index contributed by atoms with van der Waals surface area (Å²) < 4.78 is 0. The van der Waals surface area contributed by atoms with E-state index in [0.717, 1.165) is 23.4 Å². The van der Waals surface area contributed by atoms with E-state index in [0.29, 0.717) is 4.88 Å². The molecule has 2 heterocycles. The van der Waals surface area contributed by atoms with E-state index in [1.165, 1.54) is 11.3 Å². The first-order chi connectivity index (χ1) is 10.6. The number of nitrogens with zero attached hydrogens (tertiary/aromatic N) is 1. The van der Waals surface area contributed by atoms with Crippen LogP contribution < -0.4 is 10.6 Å². The molecule has 0 radical (unpaired) electrons. The number of pyridine rings is 1. The second-order valence-electron chi connectivity index (χ2n) is 5.41. The summed E-state index contributed by atoms with van der Waals surface area (Å²) in [6.45, 7) is 1.91. The lowest BCUT2D eigenvalue weighted by atomic mass is 10.1. The van der Waals surface area contributed by atoms with Crippen molar-refractivity contribution in [2.45, 2.75) is 25.8 Å².